The van der Waals surface area contributed by atoms with E-state index in [4.69, 9.17) is 28.7 Å². The number of ether oxygens (including phenoxy) is 5. The van der Waals surface area contributed by atoms with Gasteiger partial charge in [0, 0.05) is 5.56 Å². The van der Waals surface area contributed by atoms with Crippen molar-refractivity contribution in [2.75, 3.05) is 27.6 Å². The molecule has 10 heteroatoms. The summed E-state index contributed by atoms with van der Waals surface area (Å²) in [5.41, 5.74) is 2.56. The van der Waals surface area contributed by atoms with Gasteiger partial charge in [0.05, 0.1) is 42.7 Å². The highest BCUT2D eigenvalue weighted by molar-refractivity contribution is 7.07. The van der Waals surface area contributed by atoms with Crippen LogP contribution < -0.4 is 33.8 Å². The van der Waals surface area contributed by atoms with Gasteiger partial charge in [0.25, 0.3) is 5.56 Å². The molecule has 2 aliphatic heterocycles. The standard InChI is InChI=1S/C31H26N2O7S/c1-4-38-30(35)26-27(19-8-6-5-7-9-19)32-31-33(28(26)20-11-13-21(36-2)23(16-20)37-3)29(34)25(41-31)15-18-10-12-22-24(14-18)40-17-39-22/h5-16,28H,4,17H2,1-3H3/b25-15-/t28-/m0/s1. The Balaban J connectivity index is 1.63. The highest BCUT2D eigenvalue weighted by Crippen LogP contribution is 2.38. The zero-order chi connectivity index (χ0) is 28.5. The Morgan fingerprint density at radius 1 is 1.02 bits per heavy atom. The zero-order valence-corrected chi connectivity index (χ0v) is 23.4. The fourth-order valence-corrected chi connectivity index (χ4v) is 5.93. The van der Waals surface area contributed by atoms with E-state index in [-0.39, 0.29) is 24.5 Å². The number of hydrogen-bond acceptors (Lipinski definition) is 9. The predicted octanol–water partition coefficient (Wildman–Crippen LogP) is 3.68. The lowest BCUT2D eigenvalue weighted by molar-refractivity contribution is -0.138. The number of hydrogen-bond donors (Lipinski definition) is 0. The van der Waals surface area contributed by atoms with Gasteiger partial charge in [-0.2, -0.15) is 0 Å². The first-order chi connectivity index (χ1) is 20.0. The van der Waals surface area contributed by atoms with Crippen LogP contribution in [0, 0.1) is 0 Å². The van der Waals surface area contributed by atoms with E-state index in [1.807, 2.05) is 54.6 Å². The van der Waals surface area contributed by atoms with Crippen LogP contribution >= 0.6 is 11.3 Å². The summed E-state index contributed by atoms with van der Waals surface area (Å²) in [6.07, 6.45) is 1.79. The maximum absolute atomic E-state index is 14.1. The van der Waals surface area contributed by atoms with Gasteiger partial charge in [0.2, 0.25) is 6.79 Å². The number of methoxy groups -OCH3 is 2. The first-order valence-corrected chi connectivity index (χ1v) is 13.7. The van der Waals surface area contributed by atoms with Crippen LogP contribution in [-0.2, 0) is 9.53 Å². The van der Waals surface area contributed by atoms with Gasteiger partial charge in [-0.15, -0.1) is 0 Å². The molecule has 208 valence electrons. The van der Waals surface area contributed by atoms with E-state index < -0.39 is 12.0 Å². The molecule has 0 fully saturated rings. The number of carbonyl (C=O) groups is 1. The number of fused-ring (bicyclic) bond motifs is 2. The Kier molecular flexibility index (Phi) is 7.07. The monoisotopic (exact) mass is 570 g/mol. The Hall–Kier alpha value is -4.83. The van der Waals surface area contributed by atoms with Crippen LogP contribution in [0.15, 0.2) is 82.1 Å². The molecule has 2 aliphatic rings. The van der Waals surface area contributed by atoms with E-state index >= 15 is 0 Å². The lowest BCUT2D eigenvalue weighted by Crippen LogP contribution is -2.40. The highest BCUT2D eigenvalue weighted by atomic mass is 32.1. The minimum absolute atomic E-state index is 0.158. The smallest absolute Gasteiger partial charge is 0.338 e. The van der Waals surface area contributed by atoms with Crippen LogP contribution in [0.2, 0.25) is 0 Å². The van der Waals surface area contributed by atoms with Gasteiger partial charge in [-0.3, -0.25) is 9.36 Å². The first kappa shape index (κ1) is 26.4. The van der Waals surface area contributed by atoms with Gasteiger partial charge in [0.15, 0.2) is 27.8 Å². The summed E-state index contributed by atoms with van der Waals surface area (Å²) in [6, 6.07) is 19.4. The van der Waals surface area contributed by atoms with Crippen molar-refractivity contribution in [3.63, 3.8) is 0 Å². The van der Waals surface area contributed by atoms with Crippen molar-refractivity contribution >= 4 is 29.1 Å². The first-order valence-electron chi connectivity index (χ1n) is 12.9. The summed E-state index contributed by atoms with van der Waals surface area (Å²) >= 11 is 1.25. The number of nitrogens with zero attached hydrogens (tertiary/aromatic N) is 2. The molecule has 0 aliphatic carbocycles. The summed E-state index contributed by atoms with van der Waals surface area (Å²) in [4.78, 5) is 33.0. The van der Waals surface area contributed by atoms with Crippen LogP contribution in [0.25, 0.3) is 11.8 Å². The number of thiazole rings is 1. The molecule has 4 aromatic rings. The van der Waals surface area contributed by atoms with Crippen LogP contribution in [0.4, 0.5) is 0 Å². The van der Waals surface area contributed by atoms with Crippen molar-refractivity contribution < 1.29 is 28.5 Å². The minimum atomic E-state index is -0.834. The van der Waals surface area contributed by atoms with Crippen molar-refractivity contribution in [1.82, 2.24) is 4.57 Å². The fraction of sp³-hybridized carbons (Fsp3) is 0.194. The average molecular weight is 571 g/mol. The third kappa shape index (κ3) is 4.76. The van der Waals surface area contributed by atoms with Gasteiger partial charge < -0.3 is 23.7 Å². The number of aromatic nitrogens is 1. The molecule has 0 N–H and O–H groups in total. The van der Waals surface area contributed by atoms with E-state index in [1.165, 1.54) is 18.4 Å². The third-order valence-electron chi connectivity index (χ3n) is 6.79. The summed E-state index contributed by atoms with van der Waals surface area (Å²) in [6.45, 7) is 2.06. The predicted molar refractivity (Wildman–Crippen MR) is 153 cm³/mol. The molecule has 0 unspecified atom stereocenters. The lowest BCUT2D eigenvalue weighted by atomic mass is 9.93. The molecular weight excluding hydrogens is 544 g/mol. The van der Waals surface area contributed by atoms with Gasteiger partial charge in [-0.05, 0) is 48.4 Å². The largest absolute Gasteiger partial charge is 0.493 e. The van der Waals surface area contributed by atoms with E-state index in [0.717, 1.165) is 11.1 Å². The molecular formula is C31H26N2O7S. The Labute approximate surface area is 239 Å². The molecule has 0 radical (unpaired) electrons. The summed E-state index contributed by atoms with van der Waals surface area (Å²) in [5, 5.41) is 0. The van der Waals surface area contributed by atoms with E-state index in [9.17, 15) is 9.59 Å². The molecule has 0 bridgehead atoms. The molecule has 0 amide bonds. The van der Waals surface area contributed by atoms with Gasteiger partial charge in [0.1, 0.15) is 0 Å². The van der Waals surface area contributed by atoms with E-state index in [1.54, 1.807) is 36.8 Å². The molecule has 0 saturated heterocycles. The van der Waals surface area contributed by atoms with Crippen LogP contribution in [0.1, 0.15) is 29.7 Å². The van der Waals surface area contributed by atoms with Crippen LogP contribution in [0.5, 0.6) is 23.0 Å². The van der Waals surface area contributed by atoms with Crippen LogP contribution in [0.3, 0.4) is 0 Å². The SMILES string of the molecule is CCOC(=O)C1=C(c2ccccc2)N=c2s/c(=C\c3ccc4c(c3)OCO4)c(=O)n2[C@H]1c1ccc(OC)c(OC)c1. The van der Waals surface area contributed by atoms with Crippen molar-refractivity contribution in [3.05, 3.63) is 109 Å². The van der Waals surface area contributed by atoms with Gasteiger partial charge in [-0.1, -0.05) is 53.8 Å². The maximum atomic E-state index is 14.1. The molecule has 1 atom stereocenters. The second kappa shape index (κ2) is 11.0. The number of carbonyl (C=O) groups excluding carboxylic acids is 1. The summed E-state index contributed by atoms with van der Waals surface area (Å²) in [7, 11) is 3.09. The summed E-state index contributed by atoms with van der Waals surface area (Å²) < 4.78 is 29.5. The topological polar surface area (TPSA) is 97.6 Å². The van der Waals surface area contributed by atoms with Gasteiger partial charge >= 0.3 is 5.97 Å². The molecule has 0 saturated carbocycles. The summed E-state index contributed by atoms with van der Waals surface area (Å²) in [5.74, 6) is 1.71. The molecule has 41 heavy (non-hydrogen) atoms. The van der Waals surface area contributed by atoms with Crippen molar-refractivity contribution in [3.8, 4) is 23.0 Å². The van der Waals surface area contributed by atoms with Crippen LogP contribution in [-0.4, -0.2) is 38.2 Å². The van der Waals surface area contributed by atoms with E-state index in [0.29, 0.717) is 43.6 Å². The Morgan fingerprint density at radius 2 is 1.80 bits per heavy atom. The molecule has 9 nitrogen and oxygen atoms in total. The number of rotatable bonds is 7. The van der Waals surface area contributed by atoms with E-state index in [2.05, 4.69) is 0 Å². The Bertz CT molecular complexity index is 1860. The molecule has 1 aromatic heterocycles. The van der Waals surface area contributed by atoms with Crippen molar-refractivity contribution in [2.45, 2.75) is 13.0 Å². The zero-order valence-electron chi connectivity index (χ0n) is 22.6. The minimum Gasteiger partial charge on any atom is -0.493 e. The fourth-order valence-electron chi connectivity index (χ4n) is 4.93. The average Bonchev–Trinajstić information content (AvgIpc) is 3.60. The normalized spacial score (nSPS) is 15.8. The Morgan fingerprint density at radius 3 is 2.56 bits per heavy atom. The highest BCUT2D eigenvalue weighted by Gasteiger charge is 2.35. The van der Waals surface area contributed by atoms with Crippen molar-refractivity contribution in [1.29, 1.82) is 0 Å². The second-order valence-corrected chi connectivity index (χ2v) is 10.2. The molecule has 3 heterocycles. The molecule has 0 spiro atoms. The van der Waals surface area contributed by atoms with Crippen molar-refractivity contribution in [2.24, 2.45) is 4.99 Å². The molecule has 6 rings (SSSR count). The maximum Gasteiger partial charge on any atom is 0.338 e. The van der Waals surface area contributed by atoms with Gasteiger partial charge in [-0.25, -0.2) is 9.79 Å². The second-order valence-electron chi connectivity index (χ2n) is 9.16. The lowest BCUT2D eigenvalue weighted by Gasteiger charge is -2.26. The quantitative estimate of drug-likeness (QED) is 0.313. The molecule has 3 aromatic carbocycles. The number of benzene rings is 3. The number of esters is 1. The third-order valence-corrected chi connectivity index (χ3v) is 7.77.